The lowest BCUT2D eigenvalue weighted by Gasteiger charge is -2.32. The van der Waals surface area contributed by atoms with Crippen molar-refractivity contribution in [3.8, 4) is 11.5 Å². The number of methoxy groups -OCH3 is 3. The van der Waals surface area contributed by atoms with Crippen molar-refractivity contribution < 1.29 is 28.2 Å². The molecule has 3 rings (SSSR count). The largest absolute Gasteiger partial charge is 0.493 e. The highest BCUT2D eigenvalue weighted by Gasteiger charge is 2.30. The molecular weight excluding hydrogens is 487 g/mol. The highest BCUT2D eigenvalue weighted by Crippen LogP contribution is 2.28. The zero-order valence-corrected chi connectivity index (χ0v) is 22.1. The summed E-state index contributed by atoms with van der Waals surface area (Å²) in [4.78, 5) is 28.9. The summed E-state index contributed by atoms with van der Waals surface area (Å²) >= 11 is 0. The maximum absolute atomic E-state index is 13.8. The summed E-state index contributed by atoms with van der Waals surface area (Å²) in [6.07, 6.45) is 1.03. The number of hydrogen-bond acceptors (Lipinski definition) is 5. The predicted octanol–water partition coefficient (Wildman–Crippen LogP) is 4.18. The Labute approximate surface area is 223 Å². The Bertz CT molecular complexity index is 1170. The van der Waals surface area contributed by atoms with Gasteiger partial charge in [-0.3, -0.25) is 9.59 Å². The van der Waals surface area contributed by atoms with Gasteiger partial charge in [0, 0.05) is 33.2 Å². The smallest absolute Gasteiger partial charge is 0.243 e. The highest BCUT2D eigenvalue weighted by atomic mass is 19.1. The van der Waals surface area contributed by atoms with Gasteiger partial charge in [-0.15, -0.1) is 0 Å². The van der Waals surface area contributed by atoms with Gasteiger partial charge >= 0.3 is 0 Å². The molecule has 0 fully saturated rings. The summed E-state index contributed by atoms with van der Waals surface area (Å²) in [6, 6.07) is 20.0. The van der Waals surface area contributed by atoms with Crippen LogP contribution in [0.15, 0.2) is 72.8 Å². The molecule has 3 aromatic carbocycles. The minimum absolute atomic E-state index is 0.0454. The topological polar surface area (TPSA) is 77.1 Å². The van der Waals surface area contributed by atoms with Gasteiger partial charge in [0.25, 0.3) is 0 Å². The Morgan fingerprint density at radius 1 is 0.868 bits per heavy atom. The van der Waals surface area contributed by atoms with Crippen LogP contribution in [-0.4, -0.2) is 57.2 Å². The number of nitrogens with one attached hydrogen (secondary N) is 1. The maximum Gasteiger partial charge on any atom is 0.243 e. The standard InChI is InChI=1S/C30H35FN2O5/c1-36-17-7-16-32-30(35)26(18-22-8-5-4-6-9-22)33(21-23-10-13-25(31)14-11-23)29(34)20-24-12-15-27(37-2)28(19-24)38-3/h4-6,8-15,19,26H,7,16-18,20-21H2,1-3H3,(H,32,35)/t26-/m1/s1. The van der Waals surface area contributed by atoms with Crippen LogP contribution in [0.3, 0.4) is 0 Å². The van der Waals surface area contributed by atoms with Gasteiger partial charge in [0.05, 0.1) is 20.6 Å². The fourth-order valence-electron chi connectivity index (χ4n) is 4.15. The number of amides is 2. The average molecular weight is 523 g/mol. The van der Waals surface area contributed by atoms with Gasteiger partial charge in [-0.2, -0.15) is 0 Å². The molecule has 1 atom stereocenters. The van der Waals surface area contributed by atoms with Gasteiger partial charge in [-0.05, 0) is 47.4 Å². The van der Waals surface area contributed by atoms with Crippen LogP contribution in [0, 0.1) is 5.82 Å². The maximum atomic E-state index is 13.8. The molecule has 1 N–H and O–H groups in total. The lowest BCUT2D eigenvalue weighted by molar-refractivity contribution is -0.140. The Morgan fingerprint density at radius 2 is 1.55 bits per heavy atom. The van der Waals surface area contributed by atoms with Crippen LogP contribution in [0.4, 0.5) is 4.39 Å². The van der Waals surface area contributed by atoms with Crippen LogP contribution < -0.4 is 14.8 Å². The van der Waals surface area contributed by atoms with Crippen LogP contribution >= 0.6 is 0 Å². The second-order valence-corrected chi connectivity index (χ2v) is 8.86. The van der Waals surface area contributed by atoms with Gasteiger partial charge in [0.2, 0.25) is 11.8 Å². The number of ether oxygens (including phenoxy) is 3. The number of halogens is 1. The van der Waals surface area contributed by atoms with E-state index in [0.717, 1.165) is 16.7 Å². The number of carbonyl (C=O) groups is 2. The van der Waals surface area contributed by atoms with Gasteiger partial charge in [-0.25, -0.2) is 4.39 Å². The fraction of sp³-hybridized carbons (Fsp3) is 0.333. The first-order chi connectivity index (χ1) is 18.4. The molecule has 0 aliphatic heterocycles. The predicted molar refractivity (Wildman–Crippen MR) is 144 cm³/mol. The van der Waals surface area contributed by atoms with Crippen molar-refractivity contribution >= 4 is 11.8 Å². The second kappa shape index (κ2) is 14.7. The van der Waals surface area contributed by atoms with Crippen molar-refractivity contribution in [2.45, 2.75) is 31.8 Å². The Morgan fingerprint density at radius 3 is 2.21 bits per heavy atom. The van der Waals surface area contributed by atoms with Gasteiger partial charge in [-0.1, -0.05) is 48.5 Å². The van der Waals surface area contributed by atoms with Crippen LogP contribution in [0.5, 0.6) is 11.5 Å². The zero-order chi connectivity index (χ0) is 27.3. The van der Waals surface area contributed by atoms with E-state index in [9.17, 15) is 14.0 Å². The third kappa shape index (κ3) is 8.31. The lowest BCUT2D eigenvalue weighted by Crippen LogP contribution is -2.51. The van der Waals surface area contributed by atoms with E-state index in [4.69, 9.17) is 14.2 Å². The van der Waals surface area contributed by atoms with E-state index in [1.54, 1.807) is 49.5 Å². The van der Waals surface area contributed by atoms with Gasteiger partial charge in [0.15, 0.2) is 11.5 Å². The molecule has 0 aliphatic rings. The van der Waals surface area contributed by atoms with Gasteiger partial charge < -0.3 is 24.4 Å². The summed E-state index contributed by atoms with van der Waals surface area (Å²) in [5.41, 5.74) is 2.36. The minimum atomic E-state index is -0.780. The molecule has 0 heterocycles. The SMILES string of the molecule is COCCCNC(=O)[C@@H](Cc1ccccc1)N(Cc1ccc(F)cc1)C(=O)Cc1ccc(OC)c(OC)c1. The van der Waals surface area contributed by atoms with Crippen LogP contribution in [0.2, 0.25) is 0 Å². The molecule has 38 heavy (non-hydrogen) atoms. The molecule has 7 nitrogen and oxygen atoms in total. The normalized spacial score (nSPS) is 11.5. The van der Waals surface area contributed by atoms with Crippen molar-refractivity contribution in [3.05, 3.63) is 95.3 Å². The van der Waals surface area contributed by atoms with Crippen molar-refractivity contribution in [1.29, 1.82) is 0 Å². The fourth-order valence-corrected chi connectivity index (χ4v) is 4.15. The highest BCUT2D eigenvalue weighted by molar-refractivity contribution is 5.88. The molecule has 0 aliphatic carbocycles. The molecule has 0 unspecified atom stereocenters. The van der Waals surface area contributed by atoms with E-state index >= 15 is 0 Å². The minimum Gasteiger partial charge on any atom is -0.493 e. The van der Waals surface area contributed by atoms with Crippen LogP contribution in [0.1, 0.15) is 23.1 Å². The lowest BCUT2D eigenvalue weighted by atomic mass is 10.0. The van der Waals surface area contributed by atoms with Crippen molar-refractivity contribution in [3.63, 3.8) is 0 Å². The summed E-state index contributed by atoms with van der Waals surface area (Å²) in [6.45, 7) is 1.09. The summed E-state index contributed by atoms with van der Waals surface area (Å²) in [5.74, 6) is 0.208. The molecule has 8 heteroatoms. The molecule has 0 radical (unpaired) electrons. The zero-order valence-electron chi connectivity index (χ0n) is 22.1. The molecule has 0 aromatic heterocycles. The van der Waals surface area contributed by atoms with E-state index in [0.29, 0.717) is 37.5 Å². The van der Waals surface area contributed by atoms with Crippen molar-refractivity contribution in [2.24, 2.45) is 0 Å². The number of nitrogens with zero attached hydrogens (tertiary/aromatic N) is 1. The molecule has 0 saturated heterocycles. The van der Waals surface area contributed by atoms with E-state index in [2.05, 4.69) is 5.32 Å². The van der Waals surface area contributed by atoms with Crippen LogP contribution in [0.25, 0.3) is 0 Å². The summed E-state index contributed by atoms with van der Waals surface area (Å²) < 4.78 is 29.4. The van der Waals surface area contributed by atoms with E-state index < -0.39 is 6.04 Å². The molecule has 0 saturated carbocycles. The third-order valence-corrected chi connectivity index (χ3v) is 6.17. The Balaban J connectivity index is 1.93. The number of benzene rings is 3. The molecule has 3 aromatic rings. The Hall–Kier alpha value is -3.91. The van der Waals surface area contributed by atoms with E-state index in [1.807, 2.05) is 30.3 Å². The Kier molecular flexibility index (Phi) is 11.1. The van der Waals surface area contributed by atoms with Gasteiger partial charge in [0.1, 0.15) is 11.9 Å². The first kappa shape index (κ1) is 28.7. The van der Waals surface area contributed by atoms with E-state index in [1.165, 1.54) is 19.2 Å². The summed E-state index contributed by atoms with van der Waals surface area (Å²) in [7, 11) is 4.69. The third-order valence-electron chi connectivity index (χ3n) is 6.17. The quantitative estimate of drug-likeness (QED) is 0.322. The van der Waals surface area contributed by atoms with Crippen molar-refractivity contribution in [1.82, 2.24) is 10.2 Å². The molecular formula is C30H35FN2O5. The average Bonchev–Trinajstić information content (AvgIpc) is 2.94. The molecule has 2 amide bonds. The number of hydrogen-bond donors (Lipinski definition) is 1. The number of rotatable bonds is 14. The summed E-state index contributed by atoms with van der Waals surface area (Å²) in [5, 5.41) is 2.96. The monoisotopic (exact) mass is 522 g/mol. The molecule has 202 valence electrons. The first-order valence-electron chi connectivity index (χ1n) is 12.5. The second-order valence-electron chi connectivity index (χ2n) is 8.86. The first-order valence-corrected chi connectivity index (χ1v) is 12.5. The van der Waals surface area contributed by atoms with Crippen LogP contribution in [-0.2, 0) is 33.7 Å². The molecule has 0 spiro atoms. The number of carbonyl (C=O) groups excluding carboxylic acids is 2. The molecule has 0 bridgehead atoms. The van der Waals surface area contributed by atoms with Crippen molar-refractivity contribution in [2.75, 3.05) is 34.5 Å². The van der Waals surface area contributed by atoms with E-state index in [-0.39, 0.29) is 30.6 Å².